The Kier molecular flexibility index (Phi) is 6.17. The number of hydrogen-bond donors (Lipinski definition) is 2. The molecule has 6 nitrogen and oxygen atoms in total. The van der Waals surface area contributed by atoms with Gasteiger partial charge in [0.15, 0.2) is 11.4 Å². The molecule has 23 heavy (non-hydrogen) atoms. The zero-order chi connectivity index (χ0) is 16.7. The number of nitrogens with two attached hydrogens (primary N) is 1. The summed E-state index contributed by atoms with van der Waals surface area (Å²) in [5.41, 5.74) is 6.62. The van der Waals surface area contributed by atoms with Crippen molar-refractivity contribution >= 4 is 5.91 Å². The first kappa shape index (κ1) is 17.0. The van der Waals surface area contributed by atoms with Crippen molar-refractivity contribution in [2.45, 2.75) is 20.3 Å². The van der Waals surface area contributed by atoms with E-state index in [9.17, 15) is 4.79 Å². The van der Waals surface area contributed by atoms with E-state index in [1.54, 1.807) is 10.9 Å². The van der Waals surface area contributed by atoms with Crippen LogP contribution < -0.4 is 15.8 Å². The van der Waals surface area contributed by atoms with E-state index in [1.807, 2.05) is 30.3 Å². The van der Waals surface area contributed by atoms with Gasteiger partial charge >= 0.3 is 0 Å². The Hall–Kier alpha value is -2.34. The zero-order valence-electron chi connectivity index (χ0n) is 13.7. The second-order valence-electron chi connectivity index (χ2n) is 5.73. The van der Waals surface area contributed by atoms with Gasteiger partial charge in [0, 0.05) is 6.54 Å². The summed E-state index contributed by atoms with van der Waals surface area (Å²) in [5, 5.41) is 7.20. The van der Waals surface area contributed by atoms with Crippen LogP contribution in [0.25, 0.3) is 5.69 Å². The fourth-order valence-corrected chi connectivity index (χ4v) is 1.98. The molecule has 0 saturated heterocycles. The molecular formula is C17H24N4O2. The van der Waals surface area contributed by atoms with Gasteiger partial charge in [-0.1, -0.05) is 32.0 Å². The lowest BCUT2D eigenvalue weighted by molar-refractivity contribution is 0.0943. The van der Waals surface area contributed by atoms with E-state index in [4.69, 9.17) is 10.5 Å². The number of ether oxygens (including phenoxy) is 1. The second-order valence-corrected chi connectivity index (χ2v) is 5.73. The topological polar surface area (TPSA) is 82.2 Å². The van der Waals surface area contributed by atoms with Crippen LogP contribution in [0, 0.1) is 5.92 Å². The minimum absolute atomic E-state index is 0.244. The summed E-state index contributed by atoms with van der Waals surface area (Å²) < 4.78 is 7.42. The van der Waals surface area contributed by atoms with Crippen LogP contribution in [0.15, 0.2) is 36.5 Å². The number of benzene rings is 1. The molecule has 0 unspecified atom stereocenters. The highest BCUT2D eigenvalue weighted by Gasteiger charge is 2.19. The molecule has 2 aromatic rings. The number of carbonyl (C=O) groups is 1. The number of nitrogens with one attached hydrogen (secondary N) is 1. The van der Waals surface area contributed by atoms with Crippen molar-refractivity contribution in [1.29, 1.82) is 0 Å². The molecule has 0 saturated carbocycles. The largest absolute Gasteiger partial charge is 0.489 e. The Balaban J connectivity index is 2.23. The molecule has 0 atom stereocenters. The number of hydrogen-bond acceptors (Lipinski definition) is 4. The molecule has 124 valence electrons. The van der Waals surface area contributed by atoms with Gasteiger partial charge < -0.3 is 15.8 Å². The highest BCUT2D eigenvalue weighted by molar-refractivity contribution is 5.94. The van der Waals surface area contributed by atoms with Gasteiger partial charge in [0.1, 0.15) is 0 Å². The molecular weight excluding hydrogens is 292 g/mol. The Bertz CT molecular complexity index is 623. The standard InChI is InChI=1S/C17H24N4O2/c1-13(2)12-23-15-11-21(14-7-4-3-5-8-14)20-16(15)17(22)19-10-6-9-18/h3-5,7-8,11,13H,6,9-10,12,18H2,1-2H3,(H,19,22). The van der Waals surface area contributed by atoms with Gasteiger partial charge in [0.2, 0.25) is 0 Å². The van der Waals surface area contributed by atoms with Crippen LogP contribution in [0.3, 0.4) is 0 Å². The molecule has 0 aliphatic carbocycles. The molecule has 1 amide bonds. The SMILES string of the molecule is CC(C)COc1cn(-c2ccccc2)nc1C(=O)NCCCN. The van der Waals surface area contributed by atoms with Crippen molar-refractivity contribution in [3.63, 3.8) is 0 Å². The van der Waals surface area contributed by atoms with Gasteiger partial charge in [0.05, 0.1) is 18.5 Å². The molecule has 3 N–H and O–H groups in total. The maximum Gasteiger partial charge on any atom is 0.275 e. The molecule has 0 radical (unpaired) electrons. The summed E-state index contributed by atoms with van der Waals surface area (Å²) in [7, 11) is 0. The first-order valence-corrected chi connectivity index (χ1v) is 7.88. The Morgan fingerprint density at radius 2 is 2.09 bits per heavy atom. The minimum atomic E-state index is -0.244. The van der Waals surface area contributed by atoms with Gasteiger partial charge in [-0.05, 0) is 31.0 Å². The van der Waals surface area contributed by atoms with Crippen LogP contribution in [-0.2, 0) is 0 Å². The highest BCUT2D eigenvalue weighted by atomic mass is 16.5. The van der Waals surface area contributed by atoms with Crippen molar-refractivity contribution in [1.82, 2.24) is 15.1 Å². The third-order valence-electron chi connectivity index (χ3n) is 3.16. The maximum atomic E-state index is 12.3. The van der Waals surface area contributed by atoms with Crippen molar-refractivity contribution < 1.29 is 9.53 Å². The summed E-state index contributed by atoms with van der Waals surface area (Å²) >= 11 is 0. The smallest absolute Gasteiger partial charge is 0.275 e. The van der Waals surface area contributed by atoms with Gasteiger partial charge in [-0.2, -0.15) is 5.10 Å². The number of carbonyl (C=O) groups excluding carboxylic acids is 1. The molecule has 0 aliphatic heterocycles. The molecule has 1 aromatic heterocycles. The molecule has 1 heterocycles. The van der Waals surface area contributed by atoms with E-state index in [-0.39, 0.29) is 5.91 Å². The van der Waals surface area contributed by atoms with Crippen LogP contribution in [0.1, 0.15) is 30.8 Å². The van der Waals surface area contributed by atoms with E-state index in [0.29, 0.717) is 37.1 Å². The summed E-state index contributed by atoms with van der Waals surface area (Å²) in [6.07, 6.45) is 2.48. The van der Waals surface area contributed by atoms with E-state index in [2.05, 4.69) is 24.3 Å². The van der Waals surface area contributed by atoms with E-state index in [1.165, 1.54) is 0 Å². The first-order valence-electron chi connectivity index (χ1n) is 7.88. The van der Waals surface area contributed by atoms with Gasteiger partial charge in [-0.25, -0.2) is 4.68 Å². The average molecular weight is 316 g/mol. The maximum absolute atomic E-state index is 12.3. The molecule has 0 fully saturated rings. The third-order valence-corrected chi connectivity index (χ3v) is 3.16. The normalized spacial score (nSPS) is 10.8. The van der Waals surface area contributed by atoms with Gasteiger partial charge in [-0.3, -0.25) is 4.79 Å². The monoisotopic (exact) mass is 316 g/mol. The molecule has 6 heteroatoms. The quantitative estimate of drug-likeness (QED) is 0.730. The number of para-hydroxylation sites is 1. The van der Waals surface area contributed by atoms with Crippen LogP contribution in [0.2, 0.25) is 0 Å². The predicted molar refractivity (Wildman–Crippen MR) is 89.9 cm³/mol. The molecule has 0 spiro atoms. The van der Waals surface area contributed by atoms with Gasteiger partial charge in [-0.15, -0.1) is 0 Å². The minimum Gasteiger partial charge on any atom is -0.489 e. The van der Waals surface area contributed by atoms with Crippen LogP contribution >= 0.6 is 0 Å². The zero-order valence-corrected chi connectivity index (χ0v) is 13.7. The van der Waals surface area contributed by atoms with Crippen molar-refractivity contribution in [3.8, 4) is 11.4 Å². The first-order chi connectivity index (χ1) is 11.1. The Morgan fingerprint density at radius 3 is 2.74 bits per heavy atom. The van der Waals surface area contributed by atoms with Gasteiger partial charge in [0.25, 0.3) is 5.91 Å². The lowest BCUT2D eigenvalue weighted by atomic mass is 10.2. The molecule has 0 bridgehead atoms. The lowest BCUT2D eigenvalue weighted by Crippen LogP contribution is -2.27. The number of amides is 1. The summed E-state index contributed by atoms with van der Waals surface area (Å²) in [6.45, 7) is 5.71. The van der Waals surface area contributed by atoms with Crippen molar-refractivity contribution in [2.75, 3.05) is 19.7 Å². The van der Waals surface area contributed by atoms with Crippen molar-refractivity contribution in [3.05, 3.63) is 42.2 Å². The van der Waals surface area contributed by atoms with Crippen molar-refractivity contribution in [2.24, 2.45) is 11.7 Å². The average Bonchev–Trinajstić information content (AvgIpc) is 2.98. The highest BCUT2D eigenvalue weighted by Crippen LogP contribution is 2.20. The predicted octanol–water partition coefficient (Wildman–Crippen LogP) is 1.99. The Morgan fingerprint density at radius 1 is 1.35 bits per heavy atom. The molecule has 1 aromatic carbocycles. The summed E-state index contributed by atoms with van der Waals surface area (Å²) in [6, 6.07) is 9.63. The van der Waals surface area contributed by atoms with Crippen LogP contribution in [-0.4, -0.2) is 35.4 Å². The lowest BCUT2D eigenvalue weighted by Gasteiger charge is -2.08. The molecule has 0 aliphatic rings. The summed E-state index contributed by atoms with van der Waals surface area (Å²) in [5.74, 6) is 0.614. The van der Waals surface area contributed by atoms with Crippen LogP contribution in [0.4, 0.5) is 0 Å². The Labute approximate surface area is 136 Å². The third kappa shape index (κ3) is 4.82. The molecule has 2 rings (SSSR count). The second kappa shape index (κ2) is 8.33. The van der Waals surface area contributed by atoms with E-state index in [0.717, 1.165) is 12.1 Å². The number of aromatic nitrogens is 2. The fourth-order valence-electron chi connectivity index (χ4n) is 1.98. The fraction of sp³-hybridized carbons (Fsp3) is 0.412. The number of rotatable bonds is 8. The summed E-state index contributed by atoms with van der Waals surface area (Å²) in [4.78, 5) is 12.3. The van der Waals surface area contributed by atoms with Crippen LogP contribution in [0.5, 0.6) is 5.75 Å². The number of nitrogens with zero attached hydrogens (tertiary/aromatic N) is 2. The van der Waals surface area contributed by atoms with E-state index < -0.39 is 0 Å². The van der Waals surface area contributed by atoms with E-state index >= 15 is 0 Å².